The summed E-state index contributed by atoms with van der Waals surface area (Å²) in [6.07, 6.45) is 9.77. The monoisotopic (exact) mass is 182 g/mol. The van der Waals surface area contributed by atoms with Gasteiger partial charge >= 0.3 is 0 Å². The summed E-state index contributed by atoms with van der Waals surface area (Å²) in [5.74, 6) is 2.43. The molecular weight excluding hydrogens is 176 g/mol. The summed E-state index contributed by atoms with van der Waals surface area (Å²) >= 11 is 0. The molecule has 14 heavy (non-hydrogen) atoms. The number of aromatic nitrogens is 2. The Hall–Kier alpha value is -2.51. The van der Waals surface area contributed by atoms with Gasteiger partial charge in [-0.25, -0.2) is 0 Å². The van der Waals surface area contributed by atoms with Gasteiger partial charge in [-0.15, -0.1) is 6.42 Å². The molecule has 0 aromatic carbocycles. The van der Waals surface area contributed by atoms with Crippen LogP contribution in [0.2, 0.25) is 0 Å². The molecule has 0 aliphatic rings. The van der Waals surface area contributed by atoms with Crippen LogP contribution in [-0.2, 0) is 6.54 Å². The summed E-state index contributed by atoms with van der Waals surface area (Å²) in [7, 11) is 0. The van der Waals surface area contributed by atoms with E-state index in [4.69, 9.17) is 16.9 Å². The highest BCUT2D eigenvalue weighted by Gasteiger charge is 1.96. The summed E-state index contributed by atoms with van der Waals surface area (Å²) in [6, 6.07) is 3.53. The highest BCUT2D eigenvalue weighted by Crippen LogP contribution is 2.04. The van der Waals surface area contributed by atoms with Gasteiger partial charge in [-0.2, -0.15) is 15.6 Å². The second-order valence-corrected chi connectivity index (χ2v) is 2.46. The molecule has 1 aromatic rings. The smallest absolute Gasteiger partial charge is 0.130 e. The molecule has 4 heteroatoms. The maximum atomic E-state index is 8.50. The van der Waals surface area contributed by atoms with Crippen LogP contribution in [0.25, 0.3) is 6.08 Å². The van der Waals surface area contributed by atoms with Gasteiger partial charge in [0.2, 0.25) is 0 Å². The van der Waals surface area contributed by atoms with Gasteiger partial charge < -0.3 is 0 Å². The molecule has 1 aromatic heterocycles. The Bertz CT molecular complexity index is 457. The van der Waals surface area contributed by atoms with Gasteiger partial charge in [-0.05, 0) is 6.08 Å². The van der Waals surface area contributed by atoms with Gasteiger partial charge in [0.1, 0.15) is 24.3 Å². The molecule has 0 amide bonds. The zero-order valence-electron chi connectivity index (χ0n) is 7.31. The minimum atomic E-state index is 0.0465. The first-order valence-electron chi connectivity index (χ1n) is 3.78. The quantitative estimate of drug-likeness (QED) is 0.505. The first-order valence-corrected chi connectivity index (χ1v) is 3.78. The molecule has 0 atom stereocenters. The maximum absolute atomic E-state index is 8.50. The molecule has 0 N–H and O–H groups in total. The number of rotatable bonds is 2. The number of terminal acetylenes is 1. The van der Waals surface area contributed by atoms with E-state index in [1.54, 1.807) is 29.2 Å². The number of allylic oxidation sites excluding steroid dienone is 1. The molecule has 0 radical (unpaired) electrons. The Labute approximate surface area is 81.7 Å². The molecule has 0 saturated heterocycles. The largest absolute Gasteiger partial charge is 0.260 e. The molecule has 0 aliphatic carbocycles. The molecule has 0 unspecified atom stereocenters. The average molecular weight is 182 g/mol. The summed E-state index contributed by atoms with van der Waals surface area (Å²) in [5, 5.41) is 20.9. The van der Waals surface area contributed by atoms with Crippen molar-refractivity contribution in [1.82, 2.24) is 9.78 Å². The zero-order valence-corrected chi connectivity index (χ0v) is 7.31. The van der Waals surface area contributed by atoms with Crippen molar-refractivity contribution in [2.75, 3.05) is 0 Å². The average Bonchev–Trinajstić information content (AvgIpc) is 2.63. The first kappa shape index (κ1) is 9.58. The molecular formula is C10H6N4. The van der Waals surface area contributed by atoms with Crippen molar-refractivity contribution in [3.8, 4) is 24.5 Å². The van der Waals surface area contributed by atoms with E-state index in [2.05, 4.69) is 11.0 Å². The van der Waals surface area contributed by atoms with E-state index >= 15 is 0 Å². The van der Waals surface area contributed by atoms with Crippen LogP contribution in [0.1, 0.15) is 5.56 Å². The van der Waals surface area contributed by atoms with Crippen molar-refractivity contribution < 1.29 is 0 Å². The lowest BCUT2D eigenvalue weighted by atomic mass is 10.2. The van der Waals surface area contributed by atoms with Crippen LogP contribution in [0.4, 0.5) is 0 Å². The van der Waals surface area contributed by atoms with E-state index in [1.807, 2.05) is 0 Å². The van der Waals surface area contributed by atoms with Crippen LogP contribution in [0.15, 0.2) is 18.0 Å². The predicted octanol–water partition coefficient (Wildman–Crippen LogP) is 0.947. The number of hydrogen-bond acceptors (Lipinski definition) is 3. The van der Waals surface area contributed by atoms with Crippen LogP contribution >= 0.6 is 0 Å². The van der Waals surface area contributed by atoms with Gasteiger partial charge in [0, 0.05) is 11.8 Å². The normalized spacial score (nSPS) is 8.07. The summed E-state index contributed by atoms with van der Waals surface area (Å²) in [6.45, 7) is 0.377. The third-order valence-corrected chi connectivity index (χ3v) is 1.46. The van der Waals surface area contributed by atoms with Crippen LogP contribution in [0, 0.1) is 35.0 Å². The summed E-state index contributed by atoms with van der Waals surface area (Å²) < 4.78 is 1.55. The second kappa shape index (κ2) is 4.50. The standard InChI is InChI=1S/C10H6N4/c1-2-3-14-8-10(7-13-14)4-9(5-11)6-12/h1,4,7-8H,3H2. The van der Waals surface area contributed by atoms with Crippen LogP contribution in [-0.4, -0.2) is 9.78 Å². The fourth-order valence-electron chi connectivity index (χ4n) is 0.890. The van der Waals surface area contributed by atoms with E-state index in [-0.39, 0.29) is 5.57 Å². The number of nitriles is 2. The molecule has 66 valence electrons. The van der Waals surface area contributed by atoms with E-state index in [9.17, 15) is 0 Å². The Balaban J connectivity index is 2.91. The highest BCUT2D eigenvalue weighted by atomic mass is 15.3. The highest BCUT2D eigenvalue weighted by molar-refractivity contribution is 5.60. The Kier molecular flexibility index (Phi) is 3.08. The molecule has 0 fully saturated rings. The second-order valence-electron chi connectivity index (χ2n) is 2.46. The van der Waals surface area contributed by atoms with Crippen molar-refractivity contribution in [1.29, 1.82) is 10.5 Å². The zero-order chi connectivity index (χ0) is 10.4. The fraction of sp³-hybridized carbons (Fsp3) is 0.100. The van der Waals surface area contributed by atoms with Gasteiger partial charge in [0.25, 0.3) is 0 Å². The van der Waals surface area contributed by atoms with E-state index in [0.29, 0.717) is 12.1 Å². The Morgan fingerprint density at radius 1 is 1.57 bits per heavy atom. The number of nitrogens with zero attached hydrogens (tertiary/aromatic N) is 4. The lowest BCUT2D eigenvalue weighted by Crippen LogP contribution is -1.93. The van der Waals surface area contributed by atoms with E-state index < -0.39 is 0 Å². The van der Waals surface area contributed by atoms with Gasteiger partial charge in [0.05, 0.1) is 6.20 Å². The van der Waals surface area contributed by atoms with Crippen molar-refractivity contribution in [3.05, 3.63) is 23.5 Å². The minimum absolute atomic E-state index is 0.0465. The summed E-state index contributed by atoms with van der Waals surface area (Å²) in [4.78, 5) is 0. The topological polar surface area (TPSA) is 65.4 Å². The summed E-state index contributed by atoms with van der Waals surface area (Å²) in [5.41, 5.74) is 0.739. The fourth-order valence-corrected chi connectivity index (χ4v) is 0.890. The molecule has 4 nitrogen and oxygen atoms in total. The third-order valence-electron chi connectivity index (χ3n) is 1.46. The molecule has 1 rings (SSSR count). The van der Waals surface area contributed by atoms with Crippen molar-refractivity contribution in [3.63, 3.8) is 0 Å². The van der Waals surface area contributed by atoms with Crippen molar-refractivity contribution >= 4 is 6.08 Å². The van der Waals surface area contributed by atoms with Crippen LogP contribution in [0.3, 0.4) is 0 Å². The Morgan fingerprint density at radius 3 is 2.86 bits per heavy atom. The number of hydrogen-bond donors (Lipinski definition) is 0. The van der Waals surface area contributed by atoms with Gasteiger partial charge in [-0.1, -0.05) is 5.92 Å². The van der Waals surface area contributed by atoms with Crippen LogP contribution < -0.4 is 0 Å². The molecule has 0 aliphatic heterocycles. The molecule has 0 spiro atoms. The molecule has 0 saturated carbocycles. The minimum Gasteiger partial charge on any atom is -0.260 e. The van der Waals surface area contributed by atoms with E-state index in [1.165, 1.54) is 6.08 Å². The van der Waals surface area contributed by atoms with Crippen molar-refractivity contribution in [2.45, 2.75) is 6.54 Å². The lowest BCUT2D eigenvalue weighted by molar-refractivity contribution is 0.715. The first-order chi connectivity index (χ1) is 6.80. The van der Waals surface area contributed by atoms with Gasteiger partial charge in [0.15, 0.2) is 0 Å². The van der Waals surface area contributed by atoms with E-state index in [0.717, 1.165) is 0 Å². The van der Waals surface area contributed by atoms with Gasteiger partial charge in [-0.3, -0.25) is 4.68 Å². The molecule has 0 bridgehead atoms. The lowest BCUT2D eigenvalue weighted by Gasteiger charge is -1.88. The predicted molar refractivity (Wildman–Crippen MR) is 50.3 cm³/mol. The van der Waals surface area contributed by atoms with Crippen molar-refractivity contribution in [2.24, 2.45) is 0 Å². The third kappa shape index (κ3) is 2.24. The maximum Gasteiger partial charge on any atom is 0.130 e. The molecule has 1 heterocycles. The SMILES string of the molecule is C#CCn1cc(C=C(C#N)C#N)cn1. The Morgan fingerprint density at radius 2 is 2.29 bits per heavy atom. The van der Waals surface area contributed by atoms with Crippen LogP contribution in [0.5, 0.6) is 0 Å².